The van der Waals surface area contributed by atoms with Crippen LogP contribution in [-0.2, 0) is 18.1 Å². The number of hydrogen-bond donors (Lipinski definition) is 0. The van der Waals surface area contributed by atoms with Gasteiger partial charge >= 0.3 is 7.82 Å². The Morgan fingerprint density at radius 3 is 1.86 bits per heavy atom. The Hall–Kier alpha value is -0.113. The maximum atomic E-state index is 12.5. The van der Waals surface area contributed by atoms with Crippen molar-refractivity contribution in [2.24, 2.45) is 5.92 Å². The Kier molecular flexibility index (Phi) is 8.61. The Bertz CT molecular complexity index is 433. The van der Waals surface area contributed by atoms with Crippen molar-refractivity contribution in [3.05, 3.63) is 0 Å². The van der Waals surface area contributed by atoms with Gasteiger partial charge in [-0.15, -0.1) is 5.54 Å². The van der Waals surface area contributed by atoms with Crippen LogP contribution in [0.15, 0.2) is 0 Å². The Balaban J connectivity index is 5.32. The summed E-state index contributed by atoms with van der Waals surface area (Å²) in [5.41, 5.74) is 3.42. The van der Waals surface area contributed by atoms with E-state index in [4.69, 9.17) is 13.6 Å². The average Bonchev–Trinajstić information content (AvgIpc) is 2.33. The molecule has 1 unspecified atom stereocenters. The van der Waals surface area contributed by atoms with E-state index < -0.39 is 22.0 Å². The molecular weight excluding hydrogens is 315 g/mol. The van der Waals surface area contributed by atoms with Gasteiger partial charge in [0.25, 0.3) is 0 Å². The first-order valence-corrected chi connectivity index (χ1v) is 12.4. The molecule has 0 aliphatic rings. The highest BCUT2D eigenvalue weighted by Gasteiger charge is 2.35. The van der Waals surface area contributed by atoms with E-state index >= 15 is 0 Å². The SMILES string of the molecule is CCOP(=O)(OCC)OC(C#C[Si](C)(C)C(C)(C)C)C(C)C. The molecule has 0 aromatic heterocycles. The van der Waals surface area contributed by atoms with Gasteiger partial charge in [0.2, 0.25) is 0 Å². The second-order valence-corrected chi connectivity index (χ2v) is 13.8. The lowest BCUT2D eigenvalue weighted by atomic mass is 10.1. The summed E-state index contributed by atoms with van der Waals surface area (Å²) < 4.78 is 28.6. The molecule has 22 heavy (non-hydrogen) atoms. The second kappa shape index (κ2) is 8.66. The summed E-state index contributed by atoms with van der Waals surface area (Å²) >= 11 is 0. The largest absolute Gasteiger partial charge is 0.475 e. The Morgan fingerprint density at radius 1 is 1.09 bits per heavy atom. The van der Waals surface area contributed by atoms with Gasteiger partial charge in [-0.3, -0.25) is 13.6 Å². The fourth-order valence-corrected chi connectivity index (χ4v) is 3.59. The van der Waals surface area contributed by atoms with E-state index in [0.29, 0.717) is 0 Å². The molecule has 0 aliphatic carbocycles. The smallest absolute Gasteiger partial charge is 0.287 e. The number of hydrogen-bond acceptors (Lipinski definition) is 4. The molecule has 0 amide bonds. The van der Waals surface area contributed by atoms with Crippen LogP contribution >= 0.6 is 7.82 Å². The fourth-order valence-electron chi connectivity index (χ4n) is 1.31. The van der Waals surface area contributed by atoms with Crippen LogP contribution in [-0.4, -0.2) is 27.4 Å². The molecule has 0 aromatic rings. The molecule has 0 radical (unpaired) electrons. The van der Waals surface area contributed by atoms with Crippen LogP contribution in [0.2, 0.25) is 18.1 Å². The van der Waals surface area contributed by atoms with Crippen molar-refractivity contribution >= 4 is 15.9 Å². The number of phosphoric acid groups is 1. The summed E-state index contributed by atoms with van der Waals surface area (Å²) in [5, 5.41) is 0.172. The first-order valence-electron chi connectivity index (χ1n) is 7.98. The van der Waals surface area contributed by atoms with E-state index in [2.05, 4.69) is 45.3 Å². The molecule has 0 saturated heterocycles. The predicted octanol–water partition coefficient (Wildman–Crippen LogP) is 5.26. The van der Waals surface area contributed by atoms with E-state index in [9.17, 15) is 4.57 Å². The molecular formula is C16H33O4PSi. The highest BCUT2D eigenvalue weighted by Crippen LogP contribution is 2.51. The molecule has 0 aromatic carbocycles. The molecule has 0 rings (SSSR count). The minimum atomic E-state index is -3.54. The zero-order valence-electron chi connectivity index (χ0n) is 15.6. The molecule has 1 atom stereocenters. The third-order valence-electron chi connectivity index (χ3n) is 3.82. The monoisotopic (exact) mass is 348 g/mol. The maximum Gasteiger partial charge on any atom is 0.475 e. The van der Waals surface area contributed by atoms with Gasteiger partial charge in [0.1, 0.15) is 14.2 Å². The molecule has 0 aliphatic heterocycles. The maximum absolute atomic E-state index is 12.5. The van der Waals surface area contributed by atoms with Crippen molar-refractivity contribution in [2.45, 2.75) is 72.7 Å². The lowest BCUT2D eigenvalue weighted by Crippen LogP contribution is -2.36. The summed E-state index contributed by atoms with van der Waals surface area (Å²) in [7, 11) is -5.28. The van der Waals surface area contributed by atoms with Gasteiger partial charge in [0, 0.05) is 0 Å². The molecule has 6 heteroatoms. The molecule has 0 fully saturated rings. The normalized spacial score (nSPS) is 14.6. The Morgan fingerprint density at radius 2 is 1.55 bits per heavy atom. The van der Waals surface area contributed by atoms with Crippen LogP contribution in [0.4, 0.5) is 0 Å². The third kappa shape index (κ3) is 6.98. The van der Waals surface area contributed by atoms with Crippen LogP contribution in [0.3, 0.4) is 0 Å². The standard InChI is InChI=1S/C16H33O4PSi/c1-10-18-21(17,19-11-2)20-15(14(3)4)12-13-22(8,9)16(5,6)7/h14-15H,10-11H2,1-9H3. The molecule has 0 spiro atoms. The van der Waals surface area contributed by atoms with Crippen LogP contribution in [0.1, 0.15) is 48.5 Å². The zero-order valence-corrected chi connectivity index (χ0v) is 17.5. The summed E-state index contributed by atoms with van der Waals surface area (Å²) in [4.78, 5) is 0. The zero-order chi connectivity index (χ0) is 17.6. The van der Waals surface area contributed by atoms with Crippen molar-refractivity contribution in [2.75, 3.05) is 13.2 Å². The predicted molar refractivity (Wildman–Crippen MR) is 95.5 cm³/mol. The van der Waals surface area contributed by atoms with Gasteiger partial charge in [0.05, 0.1) is 13.2 Å². The quantitative estimate of drug-likeness (QED) is 0.358. The second-order valence-electron chi connectivity index (χ2n) is 7.20. The highest BCUT2D eigenvalue weighted by molar-refractivity contribution is 7.48. The van der Waals surface area contributed by atoms with Crippen molar-refractivity contribution in [3.8, 4) is 11.5 Å². The van der Waals surface area contributed by atoms with E-state index in [-0.39, 0.29) is 24.2 Å². The summed E-state index contributed by atoms with van der Waals surface area (Å²) in [6.07, 6.45) is -0.460. The molecule has 0 bridgehead atoms. The van der Waals surface area contributed by atoms with E-state index in [1.54, 1.807) is 13.8 Å². The minimum absolute atomic E-state index is 0.103. The average molecular weight is 348 g/mol. The highest BCUT2D eigenvalue weighted by atomic mass is 31.2. The van der Waals surface area contributed by atoms with Gasteiger partial charge < -0.3 is 0 Å². The lowest BCUT2D eigenvalue weighted by Gasteiger charge is -2.32. The van der Waals surface area contributed by atoms with Gasteiger partial charge in [-0.2, -0.15) is 0 Å². The van der Waals surface area contributed by atoms with E-state index in [1.165, 1.54) is 0 Å². The van der Waals surface area contributed by atoms with E-state index in [1.807, 2.05) is 13.8 Å². The minimum Gasteiger partial charge on any atom is -0.287 e. The number of rotatable bonds is 7. The van der Waals surface area contributed by atoms with Crippen LogP contribution < -0.4 is 0 Å². The van der Waals surface area contributed by atoms with Gasteiger partial charge in [0.15, 0.2) is 0 Å². The molecule has 130 valence electrons. The third-order valence-corrected chi connectivity index (χ3v) is 9.98. The molecule has 0 N–H and O–H groups in total. The van der Waals surface area contributed by atoms with Crippen LogP contribution in [0.25, 0.3) is 0 Å². The van der Waals surface area contributed by atoms with Crippen LogP contribution in [0, 0.1) is 17.4 Å². The van der Waals surface area contributed by atoms with Crippen molar-refractivity contribution in [3.63, 3.8) is 0 Å². The topological polar surface area (TPSA) is 44.8 Å². The Labute approximate surface area is 137 Å². The first kappa shape index (κ1) is 21.9. The van der Waals surface area contributed by atoms with Gasteiger partial charge in [-0.25, -0.2) is 4.57 Å². The first-order chi connectivity index (χ1) is 9.88. The molecule has 0 heterocycles. The van der Waals surface area contributed by atoms with Crippen molar-refractivity contribution in [1.82, 2.24) is 0 Å². The fraction of sp³-hybridized carbons (Fsp3) is 0.875. The van der Waals surface area contributed by atoms with Crippen molar-refractivity contribution < 1.29 is 18.1 Å². The number of phosphoric ester groups is 1. The van der Waals surface area contributed by atoms with Crippen LogP contribution in [0.5, 0.6) is 0 Å². The lowest BCUT2D eigenvalue weighted by molar-refractivity contribution is 0.0876. The van der Waals surface area contributed by atoms with E-state index in [0.717, 1.165) is 0 Å². The summed E-state index contributed by atoms with van der Waals surface area (Å²) in [6, 6.07) is 0. The molecule has 4 nitrogen and oxygen atoms in total. The molecule has 0 saturated carbocycles. The summed E-state index contributed by atoms with van der Waals surface area (Å²) in [5.74, 6) is 3.30. The van der Waals surface area contributed by atoms with Gasteiger partial charge in [-0.05, 0) is 24.8 Å². The summed E-state index contributed by atoms with van der Waals surface area (Å²) in [6.45, 7) is 19.2. The van der Waals surface area contributed by atoms with Gasteiger partial charge in [-0.1, -0.05) is 53.6 Å². The van der Waals surface area contributed by atoms with Crippen molar-refractivity contribution in [1.29, 1.82) is 0 Å².